The van der Waals surface area contributed by atoms with Crippen molar-refractivity contribution in [1.82, 2.24) is 4.90 Å². The Bertz CT molecular complexity index is 210. The molecular weight excluding hydrogens is 210 g/mol. The molecule has 1 aliphatic rings. The van der Waals surface area contributed by atoms with Crippen LogP contribution in [0.25, 0.3) is 0 Å². The van der Waals surface area contributed by atoms with E-state index < -0.39 is 0 Å². The maximum Gasteiger partial charge on any atom is 0.248 e. The van der Waals surface area contributed by atoms with E-state index in [1.54, 1.807) is 12.0 Å². The maximum atomic E-state index is 11.8. The smallest absolute Gasteiger partial charge is 0.248 e. The highest BCUT2D eigenvalue weighted by Gasteiger charge is 2.25. The lowest BCUT2D eigenvalue weighted by atomic mass is 10.0. The Balaban J connectivity index is 2.27. The highest BCUT2D eigenvalue weighted by atomic mass is 16.5. The Hall–Kier alpha value is -0.650. The second-order valence-electron chi connectivity index (χ2n) is 3.96. The van der Waals surface area contributed by atoms with Gasteiger partial charge in [0.05, 0.1) is 25.9 Å². The van der Waals surface area contributed by atoms with E-state index in [0.717, 1.165) is 25.8 Å². The average molecular weight is 231 g/mol. The molecule has 94 valence electrons. The summed E-state index contributed by atoms with van der Waals surface area (Å²) in [7, 11) is 1.59. The largest absolute Gasteiger partial charge is 0.394 e. The number of aliphatic hydroxyl groups excluding tert-OH is 1. The molecule has 5 heteroatoms. The SMILES string of the molecule is COCCOCC(=O)N1CCCCC1CO. The molecule has 1 unspecified atom stereocenters. The number of hydrogen-bond acceptors (Lipinski definition) is 4. The van der Waals surface area contributed by atoms with Gasteiger partial charge in [-0.1, -0.05) is 0 Å². The molecule has 0 aromatic heterocycles. The van der Waals surface area contributed by atoms with Crippen LogP contribution in [-0.2, 0) is 14.3 Å². The molecule has 16 heavy (non-hydrogen) atoms. The van der Waals surface area contributed by atoms with Gasteiger partial charge in [-0.05, 0) is 19.3 Å². The second-order valence-corrected chi connectivity index (χ2v) is 3.96. The number of ether oxygens (including phenoxy) is 2. The minimum Gasteiger partial charge on any atom is -0.394 e. The molecule has 5 nitrogen and oxygen atoms in total. The van der Waals surface area contributed by atoms with Crippen LogP contribution in [0.1, 0.15) is 19.3 Å². The first-order valence-electron chi connectivity index (χ1n) is 5.76. The minimum absolute atomic E-state index is 0.0210. The molecule has 1 N–H and O–H groups in total. The zero-order valence-corrected chi connectivity index (χ0v) is 9.85. The average Bonchev–Trinajstić information content (AvgIpc) is 2.34. The van der Waals surface area contributed by atoms with Gasteiger partial charge in [-0.15, -0.1) is 0 Å². The Labute approximate surface area is 96.3 Å². The summed E-state index contributed by atoms with van der Waals surface area (Å²) in [5.74, 6) is -0.0325. The summed E-state index contributed by atoms with van der Waals surface area (Å²) in [5.41, 5.74) is 0. The molecular formula is C11H21NO4. The van der Waals surface area contributed by atoms with E-state index >= 15 is 0 Å². The van der Waals surface area contributed by atoms with Gasteiger partial charge < -0.3 is 19.5 Å². The number of carbonyl (C=O) groups is 1. The van der Waals surface area contributed by atoms with Crippen molar-refractivity contribution in [2.24, 2.45) is 0 Å². The number of rotatable bonds is 6. The van der Waals surface area contributed by atoms with E-state index in [2.05, 4.69) is 0 Å². The monoisotopic (exact) mass is 231 g/mol. The number of methoxy groups -OCH3 is 1. The van der Waals surface area contributed by atoms with Crippen LogP contribution in [0.2, 0.25) is 0 Å². The van der Waals surface area contributed by atoms with Crippen LogP contribution < -0.4 is 0 Å². The molecule has 0 aromatic carbocycles. The first kappa shape index (κ1) is 13.4. The van der Waals surface area contributed by atoms with Gasteiger partial charge in [0.2, 0.25) is 5.91 Å². The van der Waals surface area contributed by atoms with Gasteiger partial charge in [0.1, 0.15) is 6.61 Å². The molecule has 1 saturated heterocycles. The van der Waals surface area contributed by atoms with Crippen molar-refractivity contribution in [3.05, 3.63) is 0 Å². The molecule has 0 radical (unpaired) electrons. The van der Waals surface area contributed by atoms with Crippen molar-refractivity contribution in [3.63, 3.8) is 0 Å². The third kappa shape index (κ3) is 4.08. The van der Waals surface area contributed by atoms with Crippen molar-refractivity contribution >= 4 is 5.91 Å². The second kappa shape index (κ2) is 7.60. The normalized spacial score (nSPS) is 21.1. The molecule has 0 spiro atoms. The lowest BCUT2D eigenvalue weighted by molar-refractivity contribution is -0.141. The summed E-state index contributed by atoms with van der Waals surface area (Å²) in [4.78, 5) is 13.5. The zero-order valence-electron chi connectivity index (χ0n) is 9.85. The number of aliphatic hydroxyl groups is 1. The quantitative estimate of drug-likeness (QED) is 0.655. The summed E-state index contributed by atoms with van der Waals surface area (Å²) >= 11 is 0. The van der Waals surface area contributed by atoms with Gasteiger partial charge in [0.15, 0.2) is 0 Å². The molecule has 0 bridgehead atoms. The molecule has 1 amide bonds. The minimum atomic E-state index is -0.0325. The molecule has 0 saturated carbocycles. The molecule has 1 rings (SSSR count). The van der Waals surface area contributed by atoms with Gasteiger partial charge in [-0.25, -0.2) is 0 Å². The standard InChI is InChI=1S/C11H21NO4/c1-15-6-7-16-9-11(14)12-5-3-2-4-10(12)8-13/h10,13H,2-9H2,1H3. The summed E-state index contributed by atoms with van der Waals surface area (Å²) in [6, 6.07) is -0.0210. The highest BCUT2D eigenvalue weighted by molar-refractivity contribution is 5.77. The molecule has 0 aromatic rings. The number of amides is 1. The van der Waals surface area contributed by atoms with E-state index in [1.165, 1.54) is 0 Å². The van der Waals surface area contributed by atoms with Crippen LogP contribution in [0.4, 0.5) is 0 Å². The van der Waals surface area contributed by atoms with Crippen LogP contribution >= 0.6 is 0 Å². The number of piperidine rings is 1. The van der Waals surface area contributed by atoms with Crippen molar-refractivity contribution < 1.29 is 19.4 Å². The van der Waals surface area contributed by atoms with E-state index in [9.17, 15) is 4.79 Å². The number of hydrogen-bond donors (Lipinski definition) is 1. The fourth-order valence-electron chi connectivity index (χ4n) is 1.90. The fourth-order valence-corrected chi connectivity index (χ4v) is 1.90. The van der Waals surface area contributed by atoms with Gasteiger partial charge in [-0.3, -0.25) is 4.79 Å². The van der Waals surface area contributed by atoms with Crippen LogP contribution in [0.3, 0.4) is 0 Å². The summed E-state index contributed by atoms with van der Waals surface area (Å²) in [5, 5.41) is 9.17. The highest BCUT2D eigenvalue weighted by Crippen LogP contribution is 2.16. The molecule has 0 aliphatic carbocycles. The zero-order chi connectivity index (χ0) is 11.8. The van der Waals surface area contributed by atoms with E-state index in [-0.39, 0.29) is 25.2 Å². The van der Waals surface area contributed by atoms with Crippen LogP contribution in [0.5, 0.6) is 0 Å². The summed E-state index contributed by atoms with van der Waals surface area (Å²) in [6.07, 6.45) is 2.99. The lowest BCUT2D eigenvalue weighted by Crippen LogP contribution is -2.47. The van der Waals surface area contributed by atoms with Crippen molar-refractivity contribution in [1.29, 1.82) is 0 Å². The van der Waals surface area contributed by atoms with Crippen molar-refractivity contribution in [3.8, 4) is 0 Å². The topological polar surface area (TPSA) is 59.0 Å². The van der Waals surface area contributed by atoms with Gasteiger partial charge in [-0.2, -0.15) is 0 Å². The van der Waals surface area contributed by atoms with E-state index in [0.29, 0.717) is 13.2 Å². The Morgan fingerprint density at radius 1 is 1.44 bits per heavy atom. The van der Waals surface area contributed by atoms with E-state index in [1.807, 2.05) is 0 Å². The van der Waals surface area contributed by atoms with Gasteiger partial charge in [0.25, 0.3) is 0 Å². The number of likely N-dealkylation sites (tertiary alicyclic amines) is 1. The van der Waals surface area contributed by atoms with Crippen molar-refractivity contribution in [2.45, 2.75) is 25.3 Å². The van der Waals surface area contributed by atoms with E-state index in [4.69, 9.17) is 14.6 Å². The maximum absolute atomic E-state index is 11.8. The molecule has 1 aliphatic heterocycles. The van der Waals surface area contributed by atoms with Crippen LogP contribution in [0.15, 0.2) is 0 Å². The van der Waals surface area contributed by atoms with Crippen LogP contribution in [0, 0.1) is 0 Å². The fraction of sp³-hybridized carbons (Fsp3) is 0.909. The molecule has 1 heterocycles. The predicted molar refractivity (Wildman–Crippen MR) is 59.1 cm³/mol. The predicted octanol–water partition coefficient (Wildman–Crippen LogP) is 0.0228. The molecule has 1 fully saturated rings. The summed E-state index contributed by atoms with van der Waals surface area (Å²) < 4.78 is 10.0. The Morgan fingerprint density at radius 2 is 2.25 bits per heavy atom. The Kier molecular flexibility index (Phi) is 6.37. The third-order valence-corrected chi connectivity index (χ3v) is 2.82. The molecule has 1 atom stereocenters. The third-order valence-electron chi connectivity index (χ3n) is 2.82. The number of carbonyl (C=O) groups excluding carboxylic acids is 1. The first-order valence-corrected chi connectivity index (χ1v) is 5.76. The van der Waals surface area contributed by atoms with Crippen LogP contribution in [-0.4, -0.2) is 62.0 Å². The lowest BCUT2D eigenvalue weighted by Gasteiger charge is -2.34. The summed E-state index contributed by atoms with van der Waals surface area (Å²) in [6.45, 7) is 1.79. The van der Waals surface area contributed by atoms with Gasteiger partial charge in [0, 0.05) is 13.7 Å². The Morgan fingerprint density at radius 3 is 2.94 bits per heavy atom. The van der Waals surface area contributed by atoms with Gasteiger partial charge >= 0.3 is 0 Å². The number of nitrogens with zero attached hydrogens (tertiary/aromatic N) is 1. The van der Waals surface area contributed by atoms with Crippen molar-refractivity contribution in [2.75, 3.05) is 40.1 Å². The first-order chi connectivity index (χ1) is 7.79.